The van der Waals surface area contributed by atoms with Crippen LogP contribution in [0.2, 0.25) is 0 Å². The number of nitrogens with one attached hydrogen (secondary N) is 1. The van der Waals surface area contributed by atoms with E-state index in [1.807, 2.05) is 43.5 Å². The van der Waals surface area contributed by atoms with Gasteiger partial charge in [0.25, 0.3) is 5.91 Å². The number of nitrogens with zero attached hydrogens (tertiary/aromatic N) is 2. The molecule has 0 unspecified atom stereocenters. The average Bonchev–Trinajstić information content (AvgIpc) is 3.34. The first-order valence-electron chi connectivity index (χ1n) is 8.86. The van der Waals surface area contributed by atoms with Crippen molar-refractivity contribution >= 4 is 28.2 Å². The maximum absolute atomic E-state index is 12.3. The largest absolute Gasteiger partial charge is 0.497 e. The third kappa shape index (κ3) is 3.48. The van der Waals surface area contributed by atoms with Gasteiger partial charge in [-0.1, -0.05) is 5.16 Å². The summed E-state index contributed by atoms with van der Waals surface area (Å²) in [7, 11) is 1.64. The Bertz CT molecular complexity index is 1130. The summed E-state index contributed by atoms with van der Waals surface area (Å²) < 4.78 is 10.6. The number of ether oxygens (including phenoxy) is 1. The van der Waals surface area contributed by atoms with Crippen LogP contribution in [0.15, 0.2) is 52.4 Å². The number of benzene rings is 2. The lowest BCUT2D eigenvalue weighted by Gasteiger charge is -2.07. The molecule has 28 heavy (non-hydrogen) atoms. The van der Waals surface area contributed by atoms with Gasteiger partial charge in [-0.15, -0.1) is 11.3 Å². The van der Waals surface area contributed by atoms with Gasteiger partial charge in [0.05, 0.1) is 12.5 Å². The van der Waals surface area contributed by atoms with Gasteiger partial charge in [-0.3, -0.25) is 4.79 Å². The SMILES string of the molecule is COc1ccc(-c2nc(-c3noc4ccc(C(=O)NC(C)C)cc34)cs2)cc1. The zero-order chi connectivity index (χ0) is 19.7. The Labute approximate surface area is 166 Å². The summed E-state index contributed by atoms with van der Waals surface area (Å²) in [6.07, 6.45) is 0. The zero-order valence-electron chi connectivity index (χ0n) is 15.7. The van der Waals surface area contributed by atoms with Crippen molar-refractivity contribution in [2.24, 2.45) is 0 Å². The molecule has 0 saturated carbocycles. The minimum Gasteiger partial charge on any atom is -0.497 e. The Morgan fingerprint density at radius 3 is 2.68 bits per heavy atom. The number of rotatable bonds is 5. The molecule has 0 aliphatic rings. The molecule has 2 aromatic carbocycles. The van der Waals surface area contributed by atoms with Crippen molar-refractivity contribution in [2.45, 2.75) is 19.9 Å². The molecule has 0 spiro atoms. The van der Waals surface area contributed by atoms with Crippen molar-refractivity contribution in [3.63, 3.8) is 0 Å². The van der Waals surface area contributed by atoms with Gasteiger partial charge >= 0.3 is 0 Å². The molecule has 0 radical (unpaired) electrons. The van der Waals surface area contributed by atoms with E-state index in [9.17, 15) is 4.79 Å². The highest BCUT2D eigenvalue weighted by Gasteiger charge is 2.17. The fourth-order valence-electron chi connectivity index (χ4n) is 2.86. The molecule has 0 saturated heterocycles. The van der Waals surface area contributed by atoms with Crippen LogP contribution in [0.5, 0.6) is 5.75 Å². The van der Waals surface area contributed by atoms with E-state index in [1.165, 1.54) is 11.3 Å². The molecule has 1 amide bonds. The third-order valence-electron chi connectivity index (χ3n) is 4.24. The topological polar surface area (TPSA) is 77.2 Å². The first kappa shape index (κ1) is 18.2. The van der Waals surface area contributed by atoms with Gasteiger partial charge in [-0.25, -0.2) is 4.98 Å². The number of fused-ring (bicyclic) bond motifs is 1. The lowest BCUT2D eigenvalue weighted by Crippen LogP contribution is -2.29. The minimum atomic E-state index is -0.124. The number of methoxy groups -OCH3 is 1. The van der Waals surface area contributed by atoms with E-state index >= 15 is 0 Å². The first-order chi connectivity index (χ1) is 13.5. The standard InChI is InChI=1S/C21H19N3O3S/c1-12(2)22-20(25)14-6-9-18-16(10-14)19(24-27-18)17-11-28-21(23-17)13-4-7-15(26-3)8-5-13/h4-12H,1-3H3,(H,22,25). The lowest BCUT2D eigenvalue weighted by molar-refractivity contribution is 0.0943. The number of amides is 1. The number of carbonyl (C=O) groups is 1. The Balaban J connectivity index is 1.69. The number of carbonyl (C=O) groups excluding carboxylic acids is 1. The van der Waals surface area contributed by atoms with Crippen molar-refractivity contribution < 1.29 is 14.1 Å². The molecule has 0 aliphatic heterocycles. The van der Waals surface area contributed by atoms with Crippen LogP contribution in [-0.2, 0) is 0 Å². The molecule has 0 fully saturated rings. The second-order valence-corrected chi connectivity index (χ2v) is 7.49. The molecule has 0 aliphatic carbocycles. The monoisotopic (exact) mass is 393 g/mol. The van der Waals surface area contributed by atoms with Crippen LogP contribution in [0.3, 0.4) is 0 Å². The molecular formula is C21H19N3O3S. The van der Waals surface area contributed by atoms with Crippen LogP contribution in [0.25, 0.3) is 32.9 Å². The molecule has 2 heterocycles. The maximum atomic E-state index is 12.3. The Morgan fingerprint density at radius 1 is 1.18 bits per heavy atom. The van der Waals surface area contributed by atoms with Gasteiger partial charge in [-0.2, -0.15) is 0 Å². The van der Waals surface area contributed by atoms with Gasteiger partial charge in [0.1, 0.15) is 22.1 Å². The molecule has 4 aromatic rings. The van der Waals surface area contributed by atoms with Gasteiger partial charge < -0.3 is 14.6 Å². The Morgan fingerprint density at radius 2 is 1.96 bits per heavy atom. The van der Waals surface area contributed by atoms with Crippen molar-refractivity contribution in [3.05, 3.63) is 53.4 Å². The van der Waals surface area contributed by atoms with E-state index < -0.39 is 0 Å². The van der Waals surface area contributed by atoms with Crippen LogP contribution < -0.4 is 10.1 Å². The first-order valence-corrected chi connectivity index (χ1v) is 9.73. The third-order valence-corrected chi connectivity index (χ3v) is 5.13. The fourth-order valence-corrected chi connectivity index (χ4v) is 3.67. The summed E-state index contributed by atoms with van der Waals surface area (Å²) in [5, 5.41) is 10.7. The summed E-state index contributed by atoms with van der Waals surface area (Å²) in [5.41, 5.74) is 3.54. The van der Waals surface area contributed by atoms with Gasteiger partial charge in [0, 0.05) is 22.5 Å². The van der Waals surface area contributed by atoms with E-state index in [0.29, 0.717) is 16.8 Å². The van der Waals surface area contributed by atoms with Crippen LogP contribution in [-0.4, -0.2) is 29.2 Å². The van der Waals surface area contributed by atoms with Crippen LogP contribution in [0.4, 0.5) is 0 Å². The molecule has 4 rings (SSSR count). The zero-order valence-corrected chi connectivity index (χ0v) is 16.5. The minimum absolute atomic E-state index is 0.0655. The maximum Gasteiger partial charge on any atom is 0.251 e. The van der Waals surface area contributed by atoms with Gasteiger partial charge in [0.2, 0.25) is 0 Å². The molecule has 0 atom stereocenters. The van der Waals surface area contributed by atoms with Crippen molar-refractivity contribution in [1.29, 1.82) is 0 Å². The van der Waals surface area contributed by atoms with Crippen LogP contribution >= 0.6 is 11.3 Å². The summed E-state index contributed by atoms with van der Waals surface area (Å²) >= 11 is 1.53. The number of thiazole rings is 1. The van der Waals surface area contributed by atoms with E-state index in [2.05, 4.69) is 10.5 Å². The highest BCUT2D eigenvalue weighted by Crippen LogP contribution is 2.33. The van der Waals surface area contributed by atoms with Gasteiger partial charge in [-0.05, 0) is 56.3 Å². The van der Waals surface area contributed by atoms with E-state index in [1.54, 1.807) is 25.3 Å². The second-order valence-electron chi connectivity index (χ2n) is 6.64. The summed E-state index contributed by atoms with van der Waals surface area (Å²) in [6.45, 7) is 3.86. The van der Waals surface area contributed by atoms with Gasteiger partial charge in [0.15, 0.2) is 5.58 Å². The predicted octanol–water partition coefficient (Wildman–Crippen LogP) is 4.77. The van der Waals surface area contributed by atoms with Crippen molar-refractivity contribution in [2.75, 3.05) is 7.11 Å². The Kier molecular flexibility index (Phi) is 4.83. The molecular weight excluding hydrogens is 374 g/mol. The van der Waals surface area contributed by atoms with E-state index in [4.69, 9.17) is 14.2 Å². The van der Waals surface area contributed by atoms with Crippen molar-refractivity contribution in [1.82, 2.24) is 15.5 Å². The normalized spacial score (nSPS) is 11.1. The van der Waals surface area contributed by atoms with E-state index in [-0.39, 0.29) is 11.9 Å². The number of hydrogen-bond acceptors (Lipinski definition) is 6. The highest BCUT2D eigenvalue weighted by atomic mass is 32.1. The average molecular weight is 393 g/mol. The molecule has 6 nitrogen and oxygen atoms in total. The van der Waals surface area contributed by atoms with Crippen LogP contribution in [0, 0.1) is 0 Å². The molecule has 0 bridgehead atoms. The number of aromatic nitrogens is 2. The van der Waals surface area contributed by atoms with Crippen LogP contribution in [0.1, 0.15) is 24.2 Å². The Hall–Kier alpha value is -3.19. The molecule has 1 N–H and O–H groups in total. The number of hydrogen-bond donors (Lipinski definition) is 1. The van der Waals surface area contributed by atoms with Crippen molar-refractivity contribution in [3.8, 4) is 27.7 Å². The molecule has 142 valence electrons. The molecule has 2 aromatic heterocycles. The van der Waals surface area contributed by atoms with E-state index in [0.717, 1.165) is 27.4 Å². The molecule has 7 heteroatoms. The lowest BCUT2D eigenvalue weighted by atomic mass is 10.1. The summed E-state index contributed by atoms with van der Waals surface area (Å²) in [4.78, 5) is 17.0. The predicted molar refractivity (Wildman–Crippen MR) is 110 cm³/mol. The highest BCUT2D eigenvalue weighted by molar-refractivity contribution is 7.13. The quantitative estimate of drug-likeness (QED) is 0.529. The summed E-state index contributed by atoms with van der Waals surface area (Å²) in [6, 6.07) is 13.1. The smallest absolute Gasteiger partial charge is 0.251 e. The fraction of sp³-hybridized carbons (Fsp3) is 0.190. The summed E-state index contributed by atoms with van der Waals surface area (Å²) in [5.74, 6) is 0.677. The second kappa shape index (κ2) is 7.44.